The first kappa shape index (κ1) is 31.4. The second-order valence-corrected chi connectivity index (χ2v) is 10.6. The molecule has 0 aliphatic heterocycles. The van der Waals surface area contributed by atoms with Gasteiger partial charge in [0.2, 0.25) is 0 Å². The molecule has 0 saturated heterocycles. The van der Waals surface area contributed by atoms with E-state index < -0.39 is 17.8 Å². The van der Waals surface area contributed by atoms with Gasteiger partial charge in [-0.1, -0.05) is 32.0 Å². The third kappa shape index (κ3) is 8.73. The number of benzene rings is 4. The molecule has 0 spiro atoms. The van der Waals surface area contributed by atoms with Gasteiger partial charge in [-0.25, -0.2) is 9.59 Å². The molecule has 0 aliphatic carbocycles. The van der Waals surface area contributed by atoms with Gasteiger partial charge in [0.25, 0.3) is 5.91 Å². The average molecular weight is 601 g/mol. The van der Waals surface area contributed by atoms with Crippen LogP contribution in [0.3, 0.4) is 0 Å². The van der Waals surface area contributed by atoms with E-state index in [0.29, 0.717) is 41.7 Å². The molecule has 0 atom stereocenters. The fourth-order valence-corrected chi connectivity index (χ4v) is 4.01. The number of ether oxygens (including phenoxy) is 2. The third-order valence-corrected chi connectivity index (χ3v) is 6.37. The Labute approximate surface area is 253 Å². The van der Waals surface area contributed by atoms with Gasteiger partial charge in [-0.15, -0.1) is 0 Å². The van der Waals surface area contributed by atoms with Crippen LogP contribution in [0.2, 0.25) is 0 Å². The van der Waals surface area contributed by atoms with E-state index in [1.807, 2.05) is 13.8 Å². The number of rotatable bonds is 14. The monoisotopic (exact) mass is 600 g/mol. The largest absolute Gasteiger partial charge is 0.508 e. The predicted octanol–water partition coefficient (Wildman–Crippen LogP) is 6.07. The molecular formula is C33H32N2O9. The average Bonchev–Trinajstić information content (AvgIpc) is 3.00. The van der Waals surface area contributed by atoms with Crippen LogP contribution in [0.5, 0.6) is 17.2 Å². The molecule has 44 heavy (non-hydrogen) atoms. The van der Waals surface area contributed by atoms with Crippen LogP contribution >= 0.6 is 0 Å². The van der Waals surface area contributed by atoms with Gasteiger partial charge in [0, 0.05) is 11.1 Å². The second kappa shape index (κ2) is 14.1. The number of hydrogen-bond acceptors (Lipinski definition) is 8. The van der Waals surface area contributed by atoms with Crippen LogP contribution in [-0.4, -0.2) is 46.4 Å². The van der Waals surface area contributed by atoms with Gasteiger partial charge in [0.15, 0.2) is 0 Å². The van der Waals surface area contributed by atoms with Crippen LogP contribution in [0.1, 0.15) is 50.5 Å². The van der Waals surface area contributed by atoms with Crippen LogP contribution in [0.15, 0.2) is 91.0 Å². The molecule has 11 heteroatoms. The van der Waals surface area contributed by atoms with Gasteiger partial charge in [-0.05, 0) is 78.4 Å². The Kier molecular flexibility index (Phi) is 10.0. The van der Waals surface area contributed by atoms with Gasteiger partial charge in [-0.2, -0.15) is 0 Å². The molecule has 11 nitrogen and oxygen atoms in total. The molecule has 1 amide bonds. The topological polar surface area (TPSA) is 164 Å². The summed E-state index contributed by atoms with van der Waals surface area (Å²) in [5.41, 5.74) is 3.95. The molecule has 4 aromatic rings. The first-order chi connectivity index (χ1) is 21.0. The van der Waals surface area contributed by atoms with Crippen molar-refractivity contribution in [1.82, 2.24) is 0 Å². The zero-order chi connectivity index (χ0) is 31.7. The molecule has 0 radical (unpaired) electrons. The minimum atomic E-state index is -1.32. The summed E-state index contributed by atoms with van der Waals surface area (Å²) in [6.07, 6.45) is 0. The normalized spacial score (nSPS) is 11.0. The molecule has 0 heterocycles. The van der Waals surface area contributed by atoms with Crippen molar-refractivity contribution in [2.75, 3.05) is 24.0 Å². The van der Waals surface area contributed by atoms with E-state index in [1.54, 1.807) is 66.7 Å². The summed E-state index contributed by atoms with van der Waals surface area (Å²) >= 11 is 0. The van der Waals surface area contributed by atoms with E-state index in [9.17, 15) is 29.7 Å². The van der Waals surface area contributed by atoms with Crippen molar-refractivity contribution < 1.29 is 44.0 Å². The quantitative estimate of drug-likeness (QED) is 0.107. The number of nitrogens with one attached hydrogen (secondary N) is 2. The molecule has 228 valence electrons. The zero-order valence-electron chi connectivity index (χ0n) is 24.1. The van der Waals surface area contributed by atoms with Crippen LogP contribution in [0.4, 0.5) is 11.4 Å². The van der Waals surface area contributed by atoms with E-state index in [0.717, 1.165) is 6.07 Å². The molecule has 4 rings (SSSR count). The van der Waals surface area contributed by atoms with E-state index >= 15 is 0 Å². The SMILES string of the molecule is CC(C)(COc1ccc(NOCc2ccccc2C(=O)O)cc1)COc1ccc(NC(=O)c2ccc(O)cc2C(=O)O)cc1. The van der Waals surface area contributed by atoms with Crippen molar-refractivity contribution in [3.8, 4) is 17.2 Å². The number of amides is 1. The number of phenolic OH excluding ortho intramolecular Hbond substituents is 1. The molecule has 5 N–H and O–H groups in total. The number of carbonyl (C=O) groups is 3. The zero-order valence-corrected chi connectivity index (χ0v) is 24.1. The van der Waals surface area contributed by atoms with Gasteiger partial charge in [0.1, 0.15) is 23.9 Å². The van der Waals surface area contributed by atoms with E-state index in [1.165, 1.54) is 18.2 Å². The minimum absolute atomic E-state index is 0.0734. The van der Waals surface area contributed by atoms with Gasteiger partial charge in [0.05, 0.1) is 35.6 Å². The third-order valence-electron chi connectivity index (χ3n) is 6.37. The maximum Gasteiger partial charge on any atom is 0.336 e. The summed E-state index contributed by atoms with van der Waals surface area (Å²) in [6.45, 7) is 4.80. The van der Waals surface area contributed by atoms with Gasteiger partial charge >= 0.3 is 11.9 Å². The van der Waals surface area contributed by atoms with Crippen molar-refractivity contribution in [2.24, 2.45) is 5.41 Å². The maximum absolute atomic E-state index is 12.6. The van der Waals surface area contributed by atoms with E-state index in [2.05, 4.69) is 10.8 Å². The molecule has 4 aromatic carbocycles. The van der Waals surface area contributed by atoms with Crippen LogP contribution in [0, 0.1) is 5.41 Å². The standard InChI is InChI=1S/C33H32N2O9/c1-33(2,20-43-26-14-9-23(10-15-26)35-44-18-21-5-3-4-6-27(21)31(38)39)19-42-25-12-7-22(8-13-25)34-30(37)28-16-11-24(36)17-29(28)32(40)41/h3-17,35-36H,18-20H2,1-2H3,(H,34,37)(H,38,39)(H,40,41). The van der Waals surface area contributed by atoms with Crippen molar-refractivity contribution in [3.05, 3.63) is 113 Å². The van der Waals surface area contributed by atoms with Crippen molar-refractivity contribution in [2.45, 2.75) is 20.5 Å². The van der Waals surface area contributed by atoms with Gasteiger partial charge < -0.3 is 30.1 Å². The highest BCUT2D eigenvalue weighted by Gasteiger charge is 2.21. The number of carboxylic acid groups (broad SMARTS) is 2. The fourth-order valence-electron chi connectivity index (χ4n) is 4.01. The highest BCUT2D eigenvalue weighted by molar-refractivity contribution is 6.10. The Hall–Kier alpha value is -5.55. The smallest absolute Gasteiger partial charge is 0.336 e. The fraction of sp³-hybridized carbons (Fsp3) is 0.182. The lowest BCUT2D eigenvalue weighted by molar-refractivity contribution is 0.0682. The highest BCUT2D eigenvalue weighted by atomic mass is 16.6. The number of anilines is 2. The number of hydrogen-bond donors (Lipinski definition) is 5. The molecule has 0 bridgehead atoms. The van der Waals surface area contributed by atoms with Crippen molar-refractivity contribution in [1.29, 1.82) is 0 Å². The van der Waals surface area contributed by atoms with Gasteiger partial charge in [-0.3, -0.25) is 15.1 Å². The first-order valence-corrected chi connectivity index (χ1v) is 13.5. The Bertz CT molecular complexity index is 1620. The number of carboxylic acids is 2. The second-order valence-electron chi connectivity index (χ2n) is 10.6. The number of carbonyl (C=O) groups excluding carboxylic acids is 1. The first-order valence-electron chi connectivity index (χ1n) is 13.5. The summed E-state index contributed by atoms with van der Waals surface area (Å²) < 4.78 is 11.9. The van der Waals surface area contributed by atoms with Crippen LogP contribution in [0.25, 0.3) is 0 Å². The Balaban J connectivity index is 1.22. The highest BCUT2D eigenvalue weighted by Crippen LogP contribution is 2.24. The number of aromatic carboxylic acids is 2. The maximum atomic E-state index is 12.6. The lowest BCUT2D eigenvalue weighted by Crippen LogP contribution is -2.28. The molecular weight excluding hydrogens is 568 g/mol. The van der Waals surface area contributed by atoms with Crippen LogP contribution < -0.4 is 20.3 Å². The lowest BCUT2D eigenvalue weighted by atomic mass is 9.96. The predicted molar refractivity (Wildman–Crippen MR) is 162 cm³/mol. The van der Waals surface area contributed by atoms with Crippen molar-refractivity contribution >= 4 is 29.2 Å². The lowest BCUT2D eigenvalue weighted by Gasteiger charge is -2.25. The van der Waals surface area contributed by atoms with Crippen molar-refractivity contribution in [3.63, 3.8) is 0 Å². The van der Waals surface area contributed by atoms with E-state index in [4.69, 9.17) is 14.3 Å². The van der Waals surface area contributed by atoms with Crippen LogP contribution in [-0.2, 0) is 11.4 Å². The molecule has 0 saturated carbocycles. The number of phenols is 1. The summed E-state index contributed by atoms with van der Waals surface area (Å²) in [5.74, 6) is -1.97. The molecule has 0 unspecified atom stereocenters. The summed E-state index contributed by atoms with van der Waals surface area (Å²) in [5, 5.41) is 30.8. The summed E-state index contributed by atoms with van der Waals surface area (Å²) in [7, 11) is 0. The molecule has 0 fully saturated rings. The Morgan fingerprint density at radius 1 is 0.705 bits per heavy atom. The Morgan fingerprint density at radius 3 is 1.86 bits per heavy atom. The summed E-state index contributed by atoms with van der Waals surface area (Å²) in [4.78, 5) is 40.8. The molecule has 0 aliphatic rings. The summed E-state index contributed by atoms with van der Waals surface area (Å²) in [6, 6.07) is 24.0. The molecule has 0 aromatic heterocycles. The van der Waals surface area contributed by atoms with E-state index in [-0.39, 0.29) is 34.5 Å². The minimum Gasteiger partial charge on any atom is -0.508 e. The Morgan fingerprint density at radius 2 is 1.27 bits per heavy atom. The number of aromatic hydroxyl groups is 1.